The lowest BCUT2D eigenvalue weighted by atomic mass is 10.1. The zero-order valence-corrected chi connectivity index (χ0v) is 16.2. The standard InChI is InChI=1S/C20H19F2NO4S/c1-3-14-10-17(12(2)23-20(14)24)18-4-5-19(27-18)28(25,26)7-6-13-8-15(21)11-16(22)9-13/h4-5,8-11H,3,6-7H2,1-2H3,(H,23,24). The molecule has 8 heteroatoms. The third kappa shape index (κ3) is 4.22. The number of aromatic amines is 1. The molecule has 3 aromatic rings. The quantitative estimate of drug-likeness (QED) is 0.674. The molecule has 0 unspecified atom stereocenters. The highest BCUT2D eigenvalue weighted by Crippen LogP contribution is 2.27. The zero-order valence-electron chi connectivity index (χ0n) is 15.4. The number of pyridine rings is 1. The zero-order chi connectivity index (χ0) is 20.5. The van der Waals surface area contributed by atoms with Gasteiger partial charge in [-0.1, -0.05) is 6.92 Å². The van der Waals surface area contributed by atoms with Gasteiger partial charge in [-0.05, 0) is 55.7 Å². The maximum atomic E-state index is 13.3. The van der Waals surface area contributed by atoms with E-state index in [1.807, 2.05) is 6.92 Å². The minimum atomic E-state index is -3.79. The molecule has 0 amide bonds. The molecule has 28 heavy (non-hydrogen) atoms. The molecule has 0 aliphatic carbocycles. The van der Waals surface area contributed by atoms with Crippen molar-refractivity contribution in [3.63, 3.8) is 0 Å². The Morgan fingerprint density at radius 1 is 1.07 bits per heavy atom. The van der Waals surface area contributed by atoms with Crippen molar-refractivity contribution in [3.8, 4) is 11.3 Å². The molecule has 0 aliphatic heterocycles. The molecule has 0 bridgehead atoms. The van der Waals surface area contributed by atoms with Gasteiger partial charge in [-0.2, -0.15) is 0 Å². The fourth-order valence-electron chi connectivity index (χ4n) is 2.92. The molecule has 0 aliphatic rings. The average molecular weight is 407 g/mol. The largest absolute Gasteiger partial charge is 0.445 e. The first kappa shape index (κ1) is 20.0. The number of H-pyrrole nitrogens is 1. The number of benzene rings is 1. The fraction of sp³-hybridized carbons (Fsp3) is 0.250. The van der Waals surface area contributed by atoms with Crippen LogP contribution >= 0.6 is 0 Å². The van der Waals surface area contributed by atoms with Gasteiger partial charge in [0.05, 0.1) is 5.75 Å². The van der Waals surface area contributed by atoms with Crippen molar-refractivity contribution in [2.45, 2.75) is 31.8 Å². The molecule has 0 fully saturated rings. The highest BCUT2D eigenvalue weighted by molar-refractivity contribution is 7.91. The summed E-state index contributed by atoms with van der Waals surface area (Å²) in [4.78, 5) is 14.6. The van der Waals surface area contributed by atoms with E-state index in [0.29, 0.717) is 29.0 Å². The van der Waals surface area contributed by atoms with Crippen LogP contribution in [0.25, 0.3) is 11.3 Å². The first-order valence-corrected chi connectivity index (χ1v) is 10.4. The van der Waals surface area contributed by atoms with Crippen molar-refractivity contribution in [2.24, 2.45) is 0 Å². The highest BCUT2D eigenvalue weighted by Gasteiger charge is 2.21. The lowest BCUT2D eigenvalue weighted by Gasteiger charge is -2.06. The van der Waals surface area contributed by atoms with Crippen molar-refractivity contribution in [1.29, 1.82) is 0 Å². The van der Waals surface area contributed by atoms with Crippen molar-refractivity contribution in [1.82, 2.24) is 4.98 Å². The van der Waals surface area contributed by atoms with Crippen LogP contribution in [0, 0.1) is 18.6 Å². The van der Waals surface area contributed by atoms with Crippen LogP contribution in [0.1, 0.15) is 23.7 Å². The molecule has 0 atom stereocenters. The summed E-state index contributed by atoms with van der Waals surface area (Å²) in [5.74, 6) is -1.55. The third-order valence-electron chi connectivity index (χ3n) is 4.43. The number of hydrogen-bond acceptors (Lipinski definition) is 4. The molecule has 0 spiro atoms. The lowest BCUT2D eigenvalue weighted by Crippen LogP contribution is -2.13. The summed E-state index contributed by atoms with van der Waals surface area (Å²) in [6.07, 6.45) is 0.476. The maximum Gasteiger partial charge on any atom is 0.251 e. The second-order valence-corrected chi connectivity index (χ2v) is 8.52. The smallest absolute Gasteiger partial charge is 0.251 e. The van der Waals surface area contributed by atoms with E-state index < -0.39 is 21.5 Å². The van der Waals surface area contributed by atoms with Gasteiger partial charge < -0.3 is 9.40 Å². The molecule has 1 aromatic carbocycles. The van der Waals surface area contributed by atoms with E-state index in [4.69, 9.17) is 4.42 Å². The summed E-state index contributed by atoms with van der Waals surface area (Å²) >= 11 is 0. The topological polar surface area (TPSA) is 80.1 Å². The van der Waals surface area contributed by atoms with E-state index in [0.717, 1.165) is 18.2 Å². The molecule has 0 saturated heterocycles. The summed E-state index contributed by atoms with van der Waals surface area (Å²) < 4.78 is 57.1. The van der Waals surface area contributed by atoms with Gasteiger partial charge in [0.15, 0.2) is 0 Å². The number of aromatic nitrogens is 1. The molecule has 3 rings (SSSR count). The SMILES string of the molecule is CCc1cc(-c2ccc(S(=O)(=O)CCc3cc(F)cc(F)c3)o2)c(C)[nH]c1=O. The summed E-state index contributed by atoms with van der Waals surface area (Å²) in [6, 6.07) is 7.47. The molecule has 148 valence electrons. The summed E-state index contributed by atoms with van der Waals surface area (Å²) in [5.41, 5.74) is 1.79. The van der Waals surface area contributed by atoms with Crippen LogP contribution in [0.2, 0.25) is 0 Å². The minimum Gasteiger partial charge on any atom is -0.445 e. The monoisotopic (exact) mass is 407 g/mol. The number of hydrogen-bond donors (Lipinski definition) is 1. The Bertz CT molecular complexity index is 1160. The summed E-state index contributed by atoms with van der Waals surface area (Å²) in [5, 5.41) is -0.233. The van der Waals surface area contributed by atoms with Crippen molar-refractivity contribution < 1.29 is 21.6 Å². The normalized spacial score (nSPS) is 11.7. The Balaban J connectivity index is 1.85. The van der Waals surface area contributed by atoms with E-state index in [1.165, 1.54) is 12.1 Å². The second-order valence-electron chi connectivity index (χ2n) is 6.48. The molecule has 0 saturated carbocycles. The maximum absolute atomic E-state index is 13.3. The van der Waals surface area contributed by atoms with Gasteiger partial charge in [0, 0.05) is 22.9 Å². The van der Waals surface area contributed by atoms with E-state index in [9.17, 15) is 22.0 Å². The van der Waals surface area contributed by atoms with Crippen molar-refractivity contribution in [3.05, 3.63) is 75.2 Å². The molecule has 2 heterocycles. The van der Waals surface area contributed by atoms with E-state index in [1.54, 1.807) is 13.0 Å². The predicted molar refractivity (Wildman–Crippen MR) is 101 cm³/mol. The Kier molecular flexibility index (Phi) is 5.51. The number of furan rings is 1. The van der Waals surface area contributed by atoms with Crippen LogP contribution in [0.15, 0.2) is 50.7 Å². The molecule has 0 radical (unpaired) electrons. The van der Waals surface area contributed by atoms with Crippen LogP contribution < -0.4 is 5.56 Å². The summed E-state index contributed by atoms with van der Waals surface area (Å²) in [7, 11) is -3.79. The van der Waals surface area contributed by atoms with Gasteiger partial charge >= 0.3 is 0 Å². The number of rotatable bonds is 6. The van der Waals surface area contributed by atoms with Gasteiger partial charge in [0.1, 0.15) is 17.4 Å². The predicted octanol–water partition coefficient (Wildman–Crippen LogP) is 3.80. The number of halogens is 2. The van der Waals surface area contributed by atoms with Gasteiger partial charge in [-0.3, -0.25) is 4.79 Å². The Morgan fingerprint density at radius 3 is 2.39 bits per heavy atom. The Morgan fingerprint density at radius 2 is 1.75 bits per heavy atom. The number of aryl methyl sites for hydroxylation is 3. The third-order valence-corrected chi connectivity index (χ3v) is 6.01. The van der Waals surface area contributed by atoms with Gasteiger partial charge in [0.2, 0.25) is 14.9 Å². The van der Waals surface area contributed by atoms with Crippen LogP contribution in [-0.2, 0) is 22.7 Å². The van der Waals surface area contributed by atoms with E-state index in [2.05, 4.69) is 4.98 Å². The number of sulfone groups is 1. The van der Waals surface area contributed by atoms with Gasteiger partial charge in [-0.15, -0.1) is 0 Å². The average Bonchev–Trinajstić information content (AvgIpc) is 3.10. The van der Waals surface area contributed by atoms with Gasteiger partial charge in [-0.25, -0.2) is 17.2 Å². The Labute approximate surface area is 161 Å². The molecular formula is C20H19F2NO4S. The highest BCUT2D eigenvalue weighted by atomic mass is 32.2. The minimum absolute atomic E-state index is 0.0509. The van der Waals surface area contributed by atoms with E-state index >= 15 is 0 Å². The molecular weight excluding hydrogens is 388 g/mol. The van der Waals surface area contributed by atoms with Crippen molar-refractivity contribution >= 4 is 9.84 Å². The van der Waals surface area contributed by atoms with Crippen LogP contribution in [0.5, 0.6) is 0 Å². The van der Waals surface area contributed by atoms with E-state index in [-0.39, 0.29) is 28.4 Å². The molecule has 5 nitrogen and oxygen atoms in total. The second kappa shape index (κ2) is 7.71. The first-order chi connectivity index (χ1) is 13.2. The lowest BCUT2D eigenvalue weighted by molar-refractivity contribution is 0.460. The van der Waals surface area contributed by atoms with Gasteiger partial charge in [0.25, 0.3) is 5.56 Å². The van der Waals surface area contributed by atoms with Crippen molar-refractivity contribution in [2.75, 3.05) is 5.75 Å². The molecule has 2 aromatic heterocycles. The van der Waals surface area contributed by atoms with Crippen LogP contribution in [0.4, 0.5) is 8.78 Å². The first-order valence-electron chi connectivity index (χ1n) is 8.70. The van der Waals surface area contributed by atoms with Crippen LogP contribution in [-0.4, -0.2) is 19.2 Å². The molecule has 1 N–H and O–H groups in total. The summed E-state index contributed by atoms with van der Waals surface area (Å²) in [6.45, 7) is 3.54. The Hall–Kier alpha value is -2.74. The number of nitrogens with one attached hydrogen (secondary N) is 1. The fourth-order valence-corrected chi connectivity index (χ4v) is 4.12. The van der Waals surface area contributed by atoms with Crippen LogP contribution in [0.3, 0.4) is 0 Å².